The molecule has 0 aromatic heterocycles. The van der Waals surface area contributed by atoms with Crippen molar-refractivity contribution in [3.05, 3.63) is 60.8 Å². The number of allylic oxidation sites excluding steroid dienone is 10. The molecule has 0 amide bonds. The van der Waals surface area contributed by atoms with Gasteiger partial charge < -0.3 is 33.3 Å². The maximum absolute atomic E-state index is 12.8. The first-order valence-corrected chi connectivity index (χ1v) is 25.9. The number of carboxylic acids is 1. The summed E-state index contributed by atoms with van der Waals surface area (Å²) >= 11 is 0. The zero-order valence-electron chi connectivity index (χ0n) is 41.9. The summed E-state index contributed by atoms with van der Waals surface area (Å²) in [4.78, 5) is 37.1. The van der Waals surface area contributed by atoms with Gasteiger partial charge in [-0.15, -0.1) is 0 Å². The lowest BCUT2D eigenvalue weighted by Crippen LogP contribution is -2.44. The fourth-order valence-corrected chi connectivity index (χ4v) is 7.04. The number of unbranched alkanes of at least 4 members (excludes halogenated alkanes) is 22. The summed E-state index contributed by atoms with van der Waals surface area (Å²) in [7, 11) is 5.89. The lowest BCUT2D eigenvalue weighted by atomic mass is 10.0. The quantitative estimate of drug-likeness (QED) is 0.0195. The Bertz CT molecular complexity index is 1230. The largest absolute Gasteiger partial charge is 0.545 e. The number of ether oxygens (including phenoxy) is 4. The summed E-state index contributed by atoms with van der Waals surface area (Å²) in [5, 5.41) is 11.7. The molecule has 0 heterocycles. The minimum Gasteiger partial charge on any atom is -0.545 e. The molecule has 0 saturated carbocycles. The monoisotopic (exact) mass is 900 g/mol. The lowest BCUT2D eigenvalue weighted by Gasteiger charge is -2.26. The first-order valence-electron chi connectivity index (χ1n) is 25.9. The van der Waals surface area contributed by atoms with Gasteiger partial charge in [-0.2, -0.15) is 0 Å². The second-order valence-electron chi connectivity index (χ2n) is 18.4. The number of likely N-dealkylation sites (N-methyl/N-ethyl adjacent to an activating group) is 1. The summed E-state index contributed by atoms with van der Waals surface area (Å²) in [5.41, 5.74) is 0. The van der Waals surface area contributed by atoms with Gasteiger partial charge in [-0.3, -0.25) is 9.59 Å². The summed E-state index contributed by atoms with van der Waals surface area (Å²) in [6.45, 7) is 4.58. The molecule has 370 valence electrons. The molecule has 0 N–H and O–H groups in total. The van der Waals surface area contributed by atoms with E-state index in [0.717, 1.165) is 51.4 Å². The molecule has 9 heteroatoms. The van der Waals surface area contributed by atoms with E-state index < -0.39 is 24.3 Å². The topological polar surface area (TPSA) is 111 Å². The molecular formula is C55H97NO8. The second kappa shape index (κ2) is 46.5. The zero-order valence-corrected chi connectivity index (χ0v) is 41.9. The molecule has 0 aromatic carbocycles. The van der Waals surface area contributed by atoms with Crippen LogP contribution < -0.4 is 5.11 Å². The summed E-state index contributed by atoms with van der Waals surface area (Å²) in [5.74, 6) is -2.36. The Balaban J connectivity index is 4.36. The van der Waals surface area contributed by atoms with Crippen LogP contribution in [0.15, 0.2) is 60.8 Å². The van der Waals surface area contributed by atoms with Crippen LogP contribution in [0.1, 0.15) is 213 Å². The van der Waals surface area contributed by atoms with E-state index in [0.29, 0.717) is 23.9 Å². The van der Waals surface area contributed by atoms with E-state index >= 15 is 0 Å². The second-order valence-corrected chi connectivity index (χ2v) is 18.4. The molecule has 9 nitrogen and oxygen atoms in total. The van der Waals surface area contributed by atoms with E-state index in [4.69, 9.17) is 18.9 Å². The van der Waals surface area contributed by atoms with Gasteiger partial charge in [0.2, 0.25) is 0 Å². The SMILES string of the molecule is CC/C=C\C/C=C\C/C=C\C/C=C\C/C=C\CCCC(=O)OC(COC(=O)CCCCCCCCCCCCCCCCCCCCCCCC)COC(OCC[N+](C)(C)C)C(=O)[O-]. The number of rotatable bonds is 47. The molecule has 64 heavy (non-hydrogen) atoms. The van der Waals surface area contributed by atoms with Crippen LogP contribution in [0.2, 0.25) is 0 Å². The molecule has 0 rings (SSSR count). The van der Waals surface area contributed by atoms with Gasteiger partial charge in [0.25, 0.3) is 0 Å². The normalized spacial score (nSPS) is 13.3. The fourth-order valence-electron chi connectivity index (χ4n) is 7.04. The highest BCUT2D eigenvalue weighted by Gasteiger charge is 2.21. The molecule has 0 aromatic rings. The van der Waals surface area contributed by atoms with Gasteiger partial charge in [-0.25, -0.2) is 0 Å². The van der Waals surface area contributed by atoms with E-state index in [2.05, 4.69) is 68.5 Å². The number of carbonyl (C=O) groups excluding carboxylic acids is 3. The molecule has 0 aliphatic heterocycles. The van der Waals surface area contributed by atoms with Crippen LogP contribution in [0.5, 0.6) is 0 Å². The highest BCUT2D eigenvalue weighted by molar-refractivity contribution is 5.70. The molecule has 0 aliphatic rings. The van der Waals surface area contributed by atoms with Gasteiger partial charge in [0.1, 0.15) is 13.2 Å². The van der Waals surface area contributed by atoms with E-state index in [1.54, 1.807) is 0 Å². The predicted molar refractivity (Wildman–Crippen MR) is 265 cm³/mol. The molecule has 2 atom stereocenters. The van der Waals surface area contributed by atoms with Crippen LogP contribution in [0.4, 0.5) is 0 Å². The van der Waals surface area contributed by atoms with E-state index in [1.165, 1.54) is 122 Å². The van der Waals surface area contributed by atoms with Crippen molar-refractivity contribution in [1.29, 1.82) is 0 Å². The number of hydrogen-bond acceptors (Lipinski definition) is 8. The summed E-state index contributed by atoms with van der Waals surface area (Å²) in [6.07, 6.45) is 54.2. The average Bonchev–Trinajstić information content (AvgIpc) is 3.26. The Kier molecular flexibility index (Phi) is 44.3. The Morgan fingerprint density at radius 1 is 0.484 bits per heavy atom. The van der Waals surface area contributed by atoms with Crippen molar-refractivity contribution in [2.45, 2.75) is 225 Å². The number of carboxylic acid groups (broad SMARTS) is 1. The van der Waals surface area contributed by atoms with Gasteiger partial charge in [0.15, 0.2) is 12.4 Å². The zero-order chi connectivity index (χ0) is 47.0. The number of esters is 2. The summed E-state index contributed by atoms with van der Waals surface area (Å²) in [6, 6.07) is 0. The number of carbonyl (C=O) groups is 3. The van der Waals surface area contributed by atoms with Crippen molar-refractivity contribution in [3.63, 3.8) is 0 Å². The third-order valence-electron chi connectivity index (χ3n) is 11.0. The van der Waals surface area contributed by atoms with E-state index in [9.17, 15) is 19.5 Å². The van der Waals surface area contributed by atoms with Crippen molar-refractivity contribution in [1.82, 2.24) is 0 Å². The summed E-state index contributed by atoms with van der Waals surface area (Å²) < 4.78 is 22.6. The van der Waals surface area contributed by atoms with Gasteiger partial charge in [0.05, 0.1) is 40.3 Å². The molecule has 0 spiro atoms. The Morgan fingerprint density at radius 2 is 0.891 bits per heavy atom. The maximum Gasteiger partial charge on any atom is 0.306 e. The van der Waals surface area contributed by atoms with Crippen molar-refractivity contribution < 1.29 is 42.9 Å². The highest BCUT2D eigenvalue weighted by Crippen LogP contribution is 2.16. The Morgan fingerprint density at radius 3 is 1.31 bits per heavy atom. The molecule has 0 fully saturated rings. The smallest absolute Gasteiger partial charge is 0.306 e. The Hall–Kier alpha value is -3.01. The van der Waals surface area contributed by atoms with Crippen molar-refractivity contribution >= 4 is 17.9 Å². The first-order chi connectivity index (χ1) is 31.1. The Labute approximate surface area is 393 Å². The van der Waals surface area contributed by atoms with E-state index in [-0.39, 0.29) is 38.6 Å². The van der Waals surface area contributed by atoms with Crippen LogP contribution in [0.25, 0.3) is 0 Å². The number of quaternary nitrogens is 1. The van der Waals surface area contributed by atoms with Crippen LogP contribution in [-0.2, 0) is 33.3 Å². The van der Waals surface area contributed by atoms with Gasteiger partial charge >= 0.3 is 11.9 Å². The maximum atomic E-state index is 12.8. The van der Waals surface area contributed by atoms with Crippen molar-refractivity contribution in [2.75, 3.05) is 47.5 Å². The third-order valence-corrected chi connectivity index (χ3v) is 11.0. The van der Waals surface area contributed by atoms with Gasteiger partial charge in [-0.1, -0.05) is 209 Å². The number of nitrogens with zero attached hydrogens (tertiary/aromatic N) is 1. The molecular weight excluding hydrogens is 803 g/mol. The van der Waals surface area contributed by atoms with Crippen molar-refractivity contribution in [2.24, 2.45) is 0 Å². The molecule has 0 saturated heterocycles. The van der Waals surface area contributed by atoms with Crippen LogP contribution >= 0.6 is 0 Å². The predicted octanol–water partition coefficient (Wildman–Crippen LogP) is 13.2. The van der Waals surface area contributed by atoms with Crippen LogP contribution in [0.3, 0.4) is 0 Å². The minimum absolute atomic E-state index is 0.136. The molecule has 0 aliphatic carbocycles. The lowest BCUT2D eigenvalue weighted by molar-refractivity contribution is -0.870. The molecule has 2 unspecified atom stereocenters. The number of aliphatic carboxylic acids is 1. The van der Waals surface area contributed by atoms with Gasteiger partial charge in [0, 0.05) is 12.8 Å². The van der Waals surface area contributed by atoms with Gasteiger partial charge in [-0.05, 0) is 51.4 Å². The fraction of sp³-hybridized carbons (Fsp3) is 0.764. The minimum atomic E-state index is -1.64. The molecule has 0 bridgehead atoms. The third kappa shape index (κ3) is 47.0. The van der Waals surface area contributed by atoms with E-state index in [1.807, 2.05) is 27.2 Å². The number of hydrogen-bond donors (Lipinski definition) is 0. The van der Waals surface area contributed by atoms with Crippen molar-refractivity contribution in [3.8, 4) is 0 Å². The standard InChI is InChI=1S/C55H97NO8/c1-6-8-10-12-14-16-18-20-22-24-25-26-27-28-30-31-33-35-37-39-41-43-45-52(57)62-49-51(50-63-55(54(59)60)61-48-47-56(3,4)5)64-53(58)46-44-42-40-38-36-34-32-29-23-21-19-17-15-13-11-9-7-2/h9,11,15,17,21,23,32,34,38,40,51,55H,6-8,10,12-14,16,18-20,22,24-31,33,35-37,39,41-50H2,1-5H3/b11-9-,17-15-,23-21-,34-32-,40-38-. The highest BCUT2D eigenvalue weighted by atomic mass is 16.7. The molecule has 0 radical (unpaired) electrons. The van der Waals surface area contributed by atoms with Crippen LogP contribution in [-0.4, -0.2) is 82.3 Å². The van der Waals surface area contributed by atoms with Crippen LogP contribution in [0, 0.1) is 0 Å². The first kappa shape index (κ1) is 61.0. The average molecular weight is 900 g/mol.